The molecule has 2 amide bonds. The zero-order valence-corrected chi connectivity index (χ0v) is 18.8. The Morgan fingerprint density at radius 2 is 2.03 bits per heavy atom. The van der Waals surface area contributed by atoms with Gasteiger partial charge in [-0.25, -0.2) is 18.0 Å². The summed E-state index contributed by atoms with van der Waals surface area (Å²) in [7, 11) is -2.61. The number of thiol groups is 1. The first-order valence-corrected chi connectivity index (χ1v) is 11.6. The van der Waals surface area contributed by atoms with Crippen LogP contribution in [-0.2, 0) is 22.0 Å². The van der Waals surface area contributed by atoms with Crippen molar-refractivity contribution in [2.24, 2.45) is 0 Å². The van der Waals surface area contributed by atoms with E-state index in [1.165, 1.54) is 11.3 Å². The van der Waals surface area contributed by atoms with Crippen LogP contribution >= 0.6 is 11.3 Å². The van der Waals surface area contributed by atoms with Crippen LogP contribution < -0.4 is 10.6 Å². The highest BCUT2D eigenvalue weighted by Gasteiger charge is 2.22. The molecule has 0 aliphatic rings. The lowest BCUT2D eigenvalue weighted by atomic mass is 10.1. The second kappa shape index (κ2) is 12.7. The van der Waals surface area contributed by atoms with Gasteiger partial charge in [0.1, 0.15) is 5.60 Å². The SMILES string of the molecule is CC(C)(C)OC(=O)N[C@@H](CCCCNC(=O)O)CN(Cc1cccs1)C[SH](=O)=O. The van der Waals surface area contributed by atoms with Gasteiger partial charge in [-0.2, -0.15) is 0 Å². The first-order chi connectivity index (χ1) is 13.5. The fourth-order valence-electron chi connectivity index (χ4n) is 2.66. The Morgan fingerprint density at radius 3 is 2.59 bits per heavy atom. The first kappa shape index (κ1) is 25.2. The fraction of sp³-hybridized carbons (Fsp3) is 0.667. The molecule has 0 radical (unpaired) electrons. The van der Waals surface area contributed by atoms with Crippen LogP contribution in [0.15, 0.2) is 17.5 Å². The Labute approximate surface area is 177 Å². The molecule has 1 atom stereocenters. The van der Waals surface area contributed by atoms with Gasteiger partial charge in [0.15, 0.2) is 10.7 Å². The van der Waals surface area contributed by atoms with Crippen molar-refractivity contribution < 1.29 is 27.9 Å². The summed E-state index contributed by atoms with van der Waals surface area (Å²) in [5, 5.41) is 15.7. The van der Waals surface area contributed by atoms with Gasteiger partial charge in [-0.15, -0.1) is 11.3 Å². The third-order valence-corrected chi connectivity index (χ3v) is 5.22. The molecule has 1 aromatic heterocycles. The molecule has 1 rings (SSSR count). The van der Waals surface area contributed by atoms with E-state index in [0.717, 1.165) is 4.88 Å². The molecular formula is C18H31N3O6S2. The second-order valence-corrected chi connectivity index (χ2v) is 9.62. The van der Waals surface area contributed by atoms with Crippen molar-refractivity contribution in [1.29, 1.82) is 0 Å². The third-order valence-electron chi connectivity index (χ3n) is 3.73. The normalized spacial score (nSPS) is 12.7. The molecule has 11 heteroatoms. The summed E-state index contributed by atoms with van der Waals surface area (Å²) < 4.78 is 28.0. The van der Waals surface area contributed by atoms with E-state index in [1.54, 1.807) is 25.7 Å². The maximum Gasteiger partial charge on any atom is 0.407 e. The van der Waals surface area contributed by atoms with Gasteiger partial charge in [-0.05, 0) is 51.5 Å². The lowest BCUT2D eigenvalue weighted by molar-refractivity contribution is 0.0489. The van der Waals surface area contributed by atoms with Gasteiger partial charge < -0.3 is 20.5 Å². The van der Waals surface area contributed by atoms with Crippen molar-refractivity contribution in [3.8, 4) is 0 Å². The number of nitrogens with zero attached hydrogens (tertiary/aromatic N) is 1. The number of rotatable bonds is 12. The van der Waals surface area contributed by atoms with Gasteiger partial charge in [-0.1, -0.05) is 6.07 Å². The van der Waals surface area contributed by atoms with E-state index in [0.29, 0.717) is 38.9 Å². The number of nitrogens with one attached hydrogen (secondary N) is 2. The molecule has 0 bridgehead atoms. The van der Waals surface area contributed by atoms with Crippen molar-refractivity contribution in [2.75, 3.05) is 19.0 Å². The summed E-state index contributed by atoms with van der Waals surface area (Å²) >= 11 is 1.54. The summed E-state index contributed by atoms with van der Waals surface area (Å²) in [5.41, 5.74) is -0.644. The number of alkyl carbamates (subject to hydrolysis) is 1. The lowest BCUT2D eigenvalue weighted by Crippen LogP contribution is -2.45. The van der Waals surface area contributed by atoms with E-state index >= 15 is 0 Å². The van der Waals surface area contributed by atoms with Crippen LogP contribution in [0.5, 0.6) is 0 Å². The number of hydrogen-bond acceptors (Lipinski definition) is 7. The number of thiophene rings is 1. The maximum absolute atomic E-state index is 12.2. The summed E-state index contributed by atoms with van der Waals surface area (Å²) in [5.74, 6) is -0.111. The van der Waals surface area contributed by atoms with Crippen LogP contribution in [0.3, 0.4) is 0 Å². The Kier molecular flexibility index (Phi) is 11.0. The van der Waals surface area contributed by atoms with Crippen LogP contribution in [0.2, 0.25) is 0 Å². The second-order valence-electron chi connectivity index (χ2n) is 7.64. The number of carbonyl (C=O) groups excluding carboxylic acids is 1. The Hall–Kier alpha value is -1.85. The van der Waals surface area contributed by atoms with Gasteiger partial charge in [0.2, 0.25) is 0 Å². The molecule has 0 unspecified atom stereocenters. The van der Waals surface area contributed by atoms with E-state index in [1.807, 2.05) is 17.5 Å². The molecule has 0 aliphatic heterocycles. The Balaban J connectivity index is 2.73. The zero-order valence-electron chi connectivity index (χ0n) is 17.1. The number of carboxylic acid groups (broad SMARTS) is 1. The van der Waals surface area contributed by atoms with Crippen LogP contribution in [0.25, 0.3) is 0 Å². The van der Waals surface area contributed by atoms with E-state index in [-0.39, 0.29) is 11.9 Å². The van der Waals surface area contributed by atoms with E-state index < -0.39 is 28.5 Å². The van der Waals surface area contributed by atoms with Gasteiger partial charge in [-0.3, -0.25) is 4.90 Å². The van der Waals surface area contributed by atoms with E-state index in [9.17, 15) is 18.0 Å². The maximum atomic E-state index is 12.2. The third kappa shape index (κ3) is 13.1. The fourth-order valence-corrected chi connectivity index (χ4v) is 3.95. The molecule has 0 aliphatic carbocycles. The summed E-state index contributed by atoms with van der Waals surface area (Å²) in [6.45, 7) is 6.43. The van der Waals surface area contributed by atoms with Crippen LogP contribution in [-0.4, -0.2) is 61.2 Å². The minimum Gasteiger partial charge on any atom is -0.465 e. The van der Waals surface area contributed by atoms with Crippen molar-refractivity contribution in [3.63, 3.8) is 0 Å². The number of carbonyl (C=O) groups is 2. The van der Waals surface area contributed by atoms with Crippen molar-refractivity contribution in [1.82, 2.24) is 15.5 Å². The number of unbranched alkanes of at least 4 members (excludes halogenated alkanes) is 1. The highest BCUT2D eigenvalue weighted by atomic mass is 32.2. The molecule has 29 heavy (non-hydrogen) atoms. The highest BCUT2D eigenvalue weighted by Crippen LogP contribution is 2.14. The van der Waals surface area contributed by atoms with Gasteiger partial charge in [0.25, 0.3) is 0 Å². The molecule has 0 aromatic carbocycles. The zero-order chi connectivity index (χ0) is 21.9. The summed E-state index contributed by atoms with van der Waals surface area (Å²) in [4.78, 5) is 25.5. The molecular weight excluding hydrogens is 418 g/mol. The van der Waals surface area contributed by atoms with Gasteiger partial charge in [0, 0.05) is 30.6 Å². The molecule has 0 fully saturated rings. The lowest BCUT2D eigenvalue weighted by Gasteiger charge is -2.28. The van der Waals surface area contributed by atoms with Crippen molar-refractivity contribution >= 4 is 34.2 Å². The molecule has 0 spiro atoms. The Morgan fingerprint density at radius 1 is 1.31 bits per heavy atom. The smallest absolute Gasteiger partial charge is 0.407 e. The van der Waals surface area contributed by atoms with Gasteiger partial charge >= 0.3 is 12.2 Å². The van der Waals surface area contributed by atoms with Crippen LogP contribution in [0.1, 0.15) is 44.9 Å². The standard InChI is InChI=1S/C18H31N3O6S2/c1-18(2,3)27-17(24)20-14(7-4-5-9-19-16(22)23)11-21(13-29(25)26)12-15-8-6-10-28-15/h6,8,10,14,19,29H,4-5,7,9,11-13H2,1-3H3,(H,20,24)(H,22,23)/t14-/m0/s1. The average molecular weight is 450 g/mol. The van der Waals surface area contributed by atoms with Crippen molar-refractivity contribution in [2.45, 2.75) is 58.2 Å². The summed E-state index contributed by atoms with van der Waals surface area (Å²) in [6.07, 6.45) is 0.205. The Bertz CT molecular complexity index is 693. The first-order valence-electron chi connectivity index (χ1n) is 9.38. The molecule has 0 saturated heterocycles. The number of hydrogen-bond donors (Lipinski definition) is 4. The predicted molar refractivity (Wildman–Crippen MR) is 113 cm³/mol. The predicted octanol–water partition coefficient (Wildman–Crippen LogP) is 2.45. The molecule has 1 heterocycles. The minimum absolute atomic E-state index is 0.111. The molecule has 9 nitrogen and oxygen atoms in total. The molecule has 166 valence electrons. The van der Waals surface area contributed by atoms with Crippen molar-refractivity contribution in [3.05, 3.63) is 22.4 Å². The number of ether oxygens (including phenoxy) is 1. The van der Waals surface area contributed by atoms with Gasteiger partial charge in [0.05, 0.1) is 5.88 Å². The molecule has 0 saturated carbocycles. The summed E-state index contributed by atoms with van der Waals surface area (Å²) in [6, 6.07) is 3.51. The number of amides is 2. The van der Waals surface area contributed by atoms with Crippen LogP contribution in [0, 0.1) is 0 Å². The quantitative estimate of drug-likeness (QED) is 0.285. The van der Waals surface area contributed by atoms with Crippen LogP contribution in [0.4, 0.5) is 9.59 Å². The van der Waals surface area contributed by atoms with E-state index in [2.05, 4.69) is 10.6 Å². The molecule has 1 aromatic rings. The largest absolute Gasteiger partial charge is 0.465 e. The minimum atomic E-state index is -2.61. The topological polar surface area (TPSA) is 125 Å². The highest BCUT2D eigenvalue weighted by molar-refractivity contribution is 7.72. The van der Waals surface area contributed by atoms with E-state index in [4.69, 9.17) is 9.84 Å². The monoisotopic (exact) mass is 449 g/mol. The average Bonchev–Trinajstić information content (AvgIpc) is 3.04. The molecule has 3 N–H and O–H groups in total.